The van der Waals surface area contributed by atoms with E-state index in [0.29, 0.717) is 18.3 Å². The lowest BCUT2D eigenvalue weighted by Crippen LogP contribution is -2.36. The number of carbonyl (C=O) groups is 1. The van der Waals surface area contributed by atoms with Gasteiger partial charge in [0.2, 0.25) is 0 Å². The molecule has 0 atom stereocenters. The first-order chi connectivity index (χ1) is 11.6. The van der Waals surface area contributed by atoms with E-state index in [2.05, 4.69) is 21.5 Å². The summed E-state index contributed by atoms with van der Waals surface area (Å²) in [6.45, 7) is 2.61. The predicted octanol–water partition coefficient (Wildman–Crippen LogP) is 3.53. The Labute approximate surface area is 144 Å². The maximum absolute atomic E-state index is 12.7. The molecule has 124 valence electrons. The van der Waals surface area contributed by atoms with Gasteiger partial charge in [-0.3, -0.25) is 4.68 Å². The second-order valence-electron chi connectivity index (χ2n) is 6.17. The van der Waals surface area contributed by atoms with Crippen LogP contribution < -0.4 is 5.32 Å². The number of fused-ring (bicyclic) bond motifs is 1. The highest BCUT2D eigenvalue weighted by Gasteiger charge is 2.33. The van der Waals surface area contributed by atoms with Crippen LogP contribution in [0.3, 0.4) is 0 Å². The summed E-state index contributed by atoms with van der Waals surface area (Å²) in [5, 5.41) is 10.4. The number of amides is 2. The molecule has 2 amide bonds. The third kappa shape index (κ3) is 2.87. The van der Waals surface area contributed by atoms with Crippen molar-refractivity contribution in [2.75, 3.05) is 5.32 Å². The van der Waals surface area contributed by atoms with Crippen molar-refractivity contribution in [2.45, 2.75) is 32.4 Å². The zero-order chi connectivity index (χ0) is 16.7. The van der Waals surface area contributed by atoms with E-state index in [1.165, 1.54) is 4.88 Å². The van der Waals surface area contributed by atoms with E-state index < -0.39 is 0 Å². The molecule has 7 heteroatoms. The molecule has 0 aromatic carbocycles. The minimum Gasteiger partial charge on any atom is -0.316 e. The number of rotatable bonds is 4. The fraction of sp³-hybridized carbons (Fsp3) is 0.353. The molecule has 1 aliphatic rings. The van der Waals surface area contributed by atoms with E-state index in [-0.39, 0.29) is 6.03 Å². The maximum atomic E-state index is 12.7. The van der Waals surface area contributed by atoms with Crippen LogP contribution in [0.1, 0.15) is 23.4 Å². The van der Waals surface area contributed by atoms with Crippen molar-refractivity contribution in [3.8, 4) is 0 Å². The molecule has 3 aromatic heterocycles. The lowest BCUT2D eigenvalue weighted by molar-refractivity contribution is 0.206. The predicted molar refractivity (Wildman–Crippen MR) is 95.1 cm³/mol. The van der Waals surface area contributed by atoms with E-state index >= 15 is 0 Å². The highest BCUT2D eigenvalue weighted by Crippen LogP contribution is 2.30. The molecule has 1 N–H and O–H groups in total. The van der Waals surface area contributed by atoms with Crippen molar-refractivity contribution in [2.24, 2.45) is 7.05 Å². The van der Waals surface area contributed by atoms with Gasteiger partial charge < -0.3 is 10.2 Å². The van der Waals surface area contributed by atoms with Gasteiger partial charge in [-0.25, -0.2) is 9.78 Å². The minimum atomic E-state index is -0.0615. The van der Waals surface area contributed by atoms with Crippen molar-refractivity contribution in [3.63, 3.8) is 0 Å². The summed E-state index contributed by atoms with van der Waals surface area (Å²) < 4.78 is 1.75. The van der Waals surface area contributed by atoms with Gasteiger partial charge in [0.1, 0.15) is 0 Å². The highest BCUT2D eigenvalue weighted by molar-refractivity contribution is 7.09. The first kappa shape index (κ1) is 15.1. The quantitative estimate of drug-likeness (QED) is 0.789. The third-order valence-corrected chi connectivity index (χ3v) is 5.13. The van der Waals surface area contributed by atoms with Gasteiger partial charge >= 0.3 is 6.03 Å². The van der Waals surface area contributed by atoms with Crippen LogP contribution in [0, 0.1) is 6.92 Å². The molecule has 3 heterocycles. The molecule has 1 aliphatic carbocycles. The second kappa shape index (κ2) is 5.90. The van der Waals surface area contributed by atoms with Gasteiger partial charge in [-0.05, 0) is 37.3 Å². The van der Waals surface area contributed by atoms with Crippen molar-refractivity contribution in [1.82, 2.24) is 19.7 Å². The molecule has 0 spiro atoms. The van der Waals surface area contributed by atoms with Crippen LogP contribution in [0.15, 0.2) is 29.8 Å². The van der Waals surface area contributed by atoms with E-state index in [9.17, 15) is 4.79 Å². The summed E-state index contributed by atoms with van der Waals surface area (Å²) in [6, 6.07) is 6.32. The van der Waals surface area contributed by atoms with Crippen molar-refractivity contribution in [1.29, 1.82) is 0 Å². The lowest BCUT2D eigenvalue weighted by Gasteiger charge is -2.22. The van der Waals surface area contributed by atoms with E-state index in [1.54, 1.807) is 22.2 Å². The van der Waals surface area contributed by atoms with Gasteiger partial charge in [0.25, 0.3) is 0 Å². The van der Waals surface area contributed by atoms with Gasteiger partial charge in [0, 0.05) is 23.4 Å². The normalized spacial score (nSPS) is 14.1. The highest BCUT2D eigenvalue weighted by atomic mass is 32.1. The van der Waals surface area contributed by atoms with Gasteiger partial charge in [-0.1, -0.05) is 6.07 Å². The van der Waals surface area contributed by atoms with E-state index in [4.69, 9.17) is 0 Å². The Morgan fingerprint density at radius 2 is 2.33 bits per heavy atom. The van der Waals surface area contributed by atoms with E-state index in [1.807, 2.05) is 36.4 Å². The Morgan fingerprint density at radius 1 is 1.50 bits per heavy atom. The number of pyridine rings is 1. The Balaban J connectivity index is 1.54. The first-order valence-electron chi connectivity index (χ1n) is 8.01. The van der Waals surface area contributed by atoms with Gasteiger partial charge in [-0.15, -0.1) is 11.3 Å². The molecule has 1 saturated carbocycles. The van der Waals surface area contributed by atoms with Crippen LogP contribution in [0.5, 0.6) is 0 Å². The number of urea groups is 1. The Hall–Kier alpha value is -2.41. The summed E-state index contributed by atoms with van der Waals surface area (Å²) in [6.07, 6.45) is 3.85. The van der Waals surface area contributed by atoms with Crippen LogP contribution in [0.25, 0.3) is 11.0 Å². The Kier molecular flexibility index (Phi) is 3.72. The van der Waals surface area contributed by atoms with Gasteiger partial charge in [0.05, 0.1) is 24.1 Å². The number of nitrogens with zero attached hydrogens (tertiary/aromatic N) is 4. The summed E-state index contributed by atoms with van der Waals surface area (Å²) in [5.41, 5.74) is 2.44. The third-order valence-electron chi connectivity index (χ3n) is 4.27. The fourth-order valence-electron chi connectivity index (χ4n) is 2.89. The topological polar surface area (TPSA) is 63.1 Å². The molecule has 24 heavy (non-hydrogen) atoms. The van der Waals surface area contributed by atoms with Crippen molar-refractivity contribution >= 4 is 34.1 Å². The zero-order valence-electron chi connectivity index (χ0n) is 13.7. The average Bonchev–Trinajstić information content (AvgIpc) is 3.19. The molecule has 0 unspecified atom stereocenters. The molecule has 0 radical (unpaired) electrons. The monoisotopic (exact) mass is 341 g/mol. The number of hydrogen-bond acceptors (Lipinski definition) is 4. The Morgan fingerprint density at radius 3 is 3.04 bits per heavy atom. The summed E-state index contributed by atoms with van der Waals surface area (Å²) in [4.78, 5) is 20.3. The summed E-state index contributed by atoms with van der Waals surface area (Å²) in [7, 11) is 1.87. The van der Waals surface area contributed by atoms with Crippen LogP contribution in [0.2, 0.25) is 0 Å². The molecule has 0 bridgehead atoms. The molecule has 4 rings (SSSR count). The molecular weight excluding hydrogens is 322 g/mol. The molecule has 0 saturated heterocycles. The largest absolute Gasteiger partial charge is 0.322 e. The molecule has 0 aliphatic heterocycles. The van der Waals surface area contributed by atoms with Crippen LogP contribution in [-0.2, 0) is 13.6 Å². The number of nitrogens with one attached hydrogen (secondary N) is 1. The summed E-state index contributed by atoms with van der Waals surface area (Å²) >= 11 is 1.68. The minimum absolute atomic E-state index is 0.0615. The van der Waals surface area contributed by atoms with Crippen LogP contribution in [-0.4, -0.2) is 31.7 Å². The number of carbonyl (C=O) groups excluding carboxylic acids is 1. The standard InChI is InChI=1S/C17H19N5OS/c1-11-15-8-12(9-18-16(15)21(2)20-11)19-17(23)22(13-5-6-13)10-14-4-3-7-24-14/h3-4,7-9,13H,5-6,10H2,1-2H3,(H,19,23). The van der Waals surface area contributed by atoms with Crippen LogP contribution >= 0.6 is 11.3 Å². The van der Waals surface area contributed by atoms with E-state index in [0.717, 1.165) is 29.6 Å². The smallest absolute Gasteiger partial charge is 0.316 e. The number of thiophene rings is 1. The fourth-order valence-corrected chi connectivity index (χ4v) is 3.60. The molecule has 3 aromatic rings. The van der Waals surface area contributed by atoms with Crippen molar-refractivity contribution in [3.05, 3.63) is 40.3 Å². The second-order valence-corrected chi connectivity index (χ2v) is 7.21. The molecular formula is C17H19N5OS. The molecule has 6 nitrogen and oxygen atoms in total. The zero-order valence-corrected chi connectivity index (χ0v) is 14.5. The van der Waals surface area contributed by atoms with Gasteiger partial charge in [-0.2, -0.15) is 5.10 Å². The van der Waals surface area contributed by atoms with Crippen LogP contribution in [0.4, 0.5) is 10.5 Å². The van der Waals surface area contributed by atoms with Gasteiger partial charge in [0.15, 0.2) is 5.65 Å². The summed E-state index contributed by atoms with van der Waals surface area (Å²) in [5.74, 6) is 0. The lowest BCUT2D eigenvalue weighted by atomic mass is 10.2. The number of aryl methyl sites for hydroxylation is 2. The average molecular weight is 341 g/mol. The maximum Gasteiger partial charge on any atom is 0.322 e. The first-order valence-corrected chi connectivity index (χ1v) is 8.89. The van der Waals surface area contributed by atoms with Crippen molar-refractivity contribution < 1.29 is 4.79 Å². The SMILES string of the molecule is Cc1nn(C)c2ncc(NC(=O)N(Cc3cccs3)C3CC3)cc12. The number of anilines is 1. The number of hydrogen-bond donors (Lipinski definition) is 1. The Bertz CT molecular complexity index is 882. The molecule has 1 fully saturated rings. The number of aromatic nitrogens is 3.